The lowest BCUT2D eigenvalue weighted by Crippen LogP contribution is -2.30. The lowest BCUT2D eigenvalue weighted by Gasteiger charge is -2.18. The van der Waals surface area contributed by atoms with E-state index in [-0.39, 0.29) is 19.6 Å². The highest BCUT2D eigenvalue weighted by atomic mass is 16.6. The Labute approximate surface area is 146 Å². The van der Waals surface area contributed by atoms with Gasteiger partial charge in [-0.3, -0.25) is 9.59 Å². The predicted octanol–water partition coefficient (Wildman–Crippen LogP) is 2.47. The van der Waals surface area contributed by atoms with Crippen LogP contribution in [-0.2, 0) is 25.5 Å². The molecular formula is C18H23NO6. The van der Waals surface area contributed by atoms with E-state index in [9.17, 15) is 9.59 Å². The molecule has 1 aromatic carbocycles. The maximum absolute atomic E-state index is 12.3. The third kappa shape index (κ3) is 3.87. The molecule has 0 atom stereocenters. The second-order valence-electron chi connectivity index (χ2n) is 5.29. The van der Waals surface area contributed by atoms with Gasteiger partial charge in [0.05, 0.1) is 33.0 Å². The standard InChI is InChI=1S/C18H23NO6/c1-5-24-17(20)13(18(21)25-6-2)9-12-11-7-8-19-16(11)15(23-4)10-14(12)22-3/h7-8,10,13,19H,5-6,9H2,1-4H3. The van der Waals surface area contributed by atoms with Crippen LogP contribution >= 0.6 is 0 Å². The number of H-pyrrole nitrogens is 1. The van der Waals surface area contributed by atoms with Crippen LogP contribution in [0.25, 0.3) is 10.9 Å². The number of hydrogen-bond donors (Lipinski definition) is 1. The van der Waals surface area contributed by atoms with Crippen LogP contribution in [0.2, 0.25) is 0 Å². The minimum Gasteiger partial charge on any atom is -0.496 e. The van der Waals surface area contributed by atoms with E-state index in [0.29, 0.717) is 17.1 Å². The zero-order valence-electron chi connectivity index (χ0n) is 14.9. The first-order chi connectivity index (χ1) is 12.1. The van der Waals surface area contributed by atoms with Crippen LogP contribution in [0.1, 0.15) is 19.4 Å². The summed E-state index contributed by atoms with van der Waals surface area (Å²) in [6.45, 7) is 3.76. The van der Waals surface area contributed by atoms with Crippen molar-refractivity contribution in [3.8, 4) is 11.5 Å². The molecule has 2 aromatic rings. The third-order valence-electron chi connectivity index (χ3n) is 3.87. The van der Waals surface area contributed by atoms with Crippen LogP contribution in [0.3, 0.4) is 0 Å². The largest absolute Gasteiger partial charge is 0.496 e. The van der Waals surface area contributed by atoms with Gasteiger partial charge in [0.2, 0.25) is 0 Å². The van der Waals surface area contributed by atoms with Gasteiger partial charge in [-0.15, -0.1) is 0 Å². The minimum absolute atomic E-state index is 0.110. The normalized spacial score (nSPS) is 10.8. The molecule has 1 N–H and O–H groups in total. The number of nitrogens with one attached hydrogen (secondary N) is 1. The lowest BCUT2D eigenvalue weighted by atomic mass is 9.95. The van der Waals surface area contributed by atoms with E-state index >= 15 is 0 Å². The molecule has 0 aliphatic rings. The summed E-state index contributed by atoms with van der Waals surface area (Å²) in [7, 11) is 3.09. The summed E-state index contributed by atoms with van der Waals surface area (Å²) < 4.78 is 20.9. The summed E-state index contributed by atoms with van der Waals surface area (Å²) in [6.07, 6.45) is 1.87. The maximum atomic E-state index is 12.3. The molecule has 0 amide bonds. The smallest absolute Gasteiger partial charge is 0.320 e. The van der Waals surface area contributed by atoms with Crippen molar-refractivity contribution < 1.29 is 28.5 Å². The highest BCUT2D eigenvalue weighted by Gasteiger charge is 2.32. The Morgan fingerprint density at radius 3 is 2.16 bits per heavy atom. The molecular weight excluding hydrogens is 326 g/mol. The van der Waals surface area contributed by atoms with Gasteiger partial charge >= 0.3 is 11.9 Å². The van der Waals surface area contributed by atoms with Gasteiger partial charge in [-0.2, -0.15) is 0 Å². The number of ether oxygens (including phenoxy) is 4. The Morgan fingerprint density at radius 1 is 1.04 bits per heavy atom. The Bertz CT molecular complexity index is 733. The van der Waals surface area contributed by atoms with Gasteiger partial charge in [0.15, 0.2) is 5.92 Å². The van der Waals surface area contributed by atoms with Crippen molar-refractivity contribution >= 4 is 22.8 Å². The molecule has 0 aliphatic carbocycles. The second-order valence-corrected chi connectivity index (χ2v) is 5.29. The van der Waals surface area contributed by atoms with E-state index in [1.54, 1.807) is 33.2 Å². The highest BCUT2D eigenvalue weighted by Crippen LogP contribution is 2.36. The van der Waals surface area contributed by atoms with Crippen LogP contribution < -0.4 is 9.47 Å². The summed E-state index contributed by atoms with van der Waals surface area (Å²) >= 11 is 0. The van der Waals surface area contributed by atoms with Crippen molar-refractivity contribution in [2.75, 3.05) is 27.4 Å². The number of methoxy groups -OCH3 is 2. The summed E-state index contributed by atoms with van der Waals surface area (Å²) in [5.41, 5.74) is 1.48. The average molecular weight is 349 g/mol. The van der Waals surface area contributed by atoms with Gasteiger partial charge in [-0.25, -0.2) is 0 Å². The fourth-order valence-electron chi connectivity index (χ4n) is 2.74. The van der Waals surface area contributed by atoms with Gasteiger partial charge in [0, 0.05) is 29.6 Å². The number of fused-ring (bicyclic) bond motifs is 1. The van der Waals surface area contributed by atoms with E-state index < -0.39 is 17.9 Å². The fraction of sp³-hybridized carbons (Fsp3) is 0.444. The molecule has 0 saturated carbocycles. The first-order valence-electron chi connectivity index (χ1n) is 8.11. The quantitative estimate of drug-likeness (QED) is 0.582. The SMILES string of the molecule is CCOC(=O)C(Cc1c(OC)cc(OC)c2[nH]ccc12)C(=O)OCC. The van der Waals surface area contributed by atoms with Crippen molar-refractivity contribution in [1.29, 1.82) is 0 Å². The number of carbonyl (C=O) groups is 2. The monoisotopic (exact) mass is 349 g/mol. The van der Waals surface area contributed by atoms with Crippen molar-refractivity contribution in [2.45, 2.75) is 20.3 Å². The second kappa shape index (κ2) is 8.41. The first-order valence-corrected chi connectivity index (χ1v) is 8.11. The van der Waals surface area contributed by atoms with E-state index in [4.69, 9.17) is 18.9 Å². The van der Waals surface area contributed by atoms with Gasteiger partial charge in [-0.1, -0.05) is 0 Å². The number of hydrogen-bond acceptors (Lipinski definition) is 6. The number of carbonyl (C=O) groups excluding carboxylic acids is 2. The maximum Gasteiger partial charge on any atom is 0.320 e. The van der Waals surface area contributed by atoms with Gasteiger partial charge in [-0.05, 0) is 19.9 Å². The fourth-order valence-corrected chi connectivity index (χ4v) is 2.74. The number of rotatable bonds is 8. The Kier molecular flexibility index (Phi) is 6.27. The van der Waals surface area contributed by atoms with E-state index in [2.05, 4.69) is 4.98 Å². The van der Waals surface area contributed by atoms with Crippen LogP contribution in [0.4, 0.5) is 0 Å². The zero-order chi connectivity index (χ0) is 18.4. The zero-order valence-corrected chi connectivity index (χ0v) is 14.9. The average Bonchev–Trinajstić information content (AvgIpc) is 3.09. The molecule has 25 heavy (non-hydrogen) atoms. The summed E-state index contributed by atoms with van der Waals surface area (Å²) in [6, 6.07) is 3.57. The van der Waals surface area contributed by atoms with Crippen molar-refractivity contribution in [2.24, 2.45) is 5.92 Å². The molecule has 0 fully saturated rings. The molecule has 0 bridgehead atoms. The number of aromatic amines is 1. The van der Waals surface area contributed by atoms with Crippen LogP contribution in [0.5, 0.6) is 11.5 Å². The Morgan fingerprint density at radius 2 is 1.64 bits per heavy atom. The molecule has 0 aliphatic heterocycles. The summed E-state index contributed by atoms with van der Waals surface area (Å²) in [4.78, 5) is 27.6. The van der Waals surface area contributed by atoms with Crippen molar-refractivity contribution in [3.63, 3.8) is 0 Å². The number of esters is 2. The molecule has 1 heterocycles. The minimum atomic E-state index is -1.06. The van der Waals surface area contributed by atoms with Crippen LogP contribution in [0.15, 0.2) is 18.3 Å². The molecule has 0 radical (unpaired) electrons. The third-order valence-corrected chi connectivity index (χ3v) is 3.87. The molecule has 7 heteroatoms. The Hall–Kier alpha value is -2.70. The molecule has 7 nitrogen and oxygen atoms in total. The topological polar surface area (TPSA) is 86.9 Å². The first kappa shape index (κ1) is 18.6. The molecule has 136 valence electrons. The van der Waals surface area contributed by atoms with Gasteiger partial charge in [0.25, 0.3) is 0 Å². The van der Waals surface area contributed by atoms with Crippen LogP contribution in [0, 0.1) is 5.92 Å². The highest BCUT2D eigenvalue weighted by molar-refractivity contribution is 5.97. The van der Waals surface area contributed by atoms with E-state index in [1.165, 1.54) is 7.11 Å². The molecule has 1 aromatic heterocycles. The van der Waals surface area contributed by atoms with Crippen molar-refractivity contribution in [3.05, 3.63) is 23.9 Å². The molecule has 0 spiro atoms. The molecule has 0 unspecified atom stereocenters. The number of aromatic nitrogens is 1. The van der Waals surface area contributed by atoms with Gasteiger partial charge in [0.1, 0.15) is 11.5 Å². The summed E-state index contributed by atoms with van der Waals surface area (Å²) in [5.74, 6) is -1.13. The van der Waals surface area contributed by atoms with E-state index in [1.807, 2.05) is 6.07 Å². The summed E-state index contributed by atoms with van der Waals surface area (Å²) in [5, 5.41) is 0.815. The van der Waals surface area contributed by atoms with Gasteiger partial charge < -0.3 is 23.9 Å². The predicted molar refractivity (Wildman–Crippen MR) is 91.9 cm³/mol. The molecule has 2 rings (SSSR count). The molecule has 0 saturated heterocycles. The number of benzene rings is 1. The van der Waals surface area contributed by atoms with E-state index in [0.717, 1.165) is 10.9 Å². The Balaban J connectivity index is 2.49. The van der Waals surface area contributed by atoms with Crippen LogP contribution in [-0.4, -0.2) is 44.4 Å². The van der Waals surface area contributed by atoms with Crippen molar-refractivity contribution in [1.82, 2.24) is 4.98 Å². The lowest BCUT2D eigenvalue weighted by molar-refractivity contribution is -0.161.